The molecule has 1 N–H and O–H groups in total. The molecule has 14 heavy (non-hydrogen) atoms. The van der Waals surface area contributed by atoms with Crippen molar-refractivity contribution >= 4 is 40.1 Å². The third-order valence-corrected chi connectivity index (χ3v) is 2.92. The maximum absolute atomic E-state index is 9.53. The maximum atomic E-state index is 9.53. The number of rotatable bonds is 2. The fourth-order valence-electron chi connectivity index (χ4n) is 1.21. The Morgan fingerprint density at radius 2 is 2.29 bits per heavy atom. The molecule has 2 rings (SSSR count). The van der Waals surface area contributed by atoms with Crippen molar-refractivity contribution in [3.8, 4) is 5.75 Å². The summed E-state index contributed by atoms with van der Waals surface area (Å²) in [5.41, 5.74) is 0. The summed E-state index contributed by atoms with van der Waals surface area (Å²) in [6.45, 7) is 0. The van der Waals surface area contributed by atoms with Gasteiger partial charge in [-0.1, -0.05) is 10.5 Å². The van der Waals surface area contributed by atoms with Crippen LogP contribution in [0.15, 0.2) is 33.8 Å². The molecule has 0 aliphatic heterocycles. The molecule has 1 heterocycles. The molecule has 0 unspecified atom stereocenters. The molecule has 0 fully saturated rings. The summed E-state index contributed by atoms with van der Waals surface area (Å²) in [5.74, 6) is 0.286. The molecule has 0 saturated carbocycles. The summed E-state index contributed by atoms with van der Waals surface area (Å²) in [5, 5.41) is 14.0. The number of phenolic OH excluding ortho intramolecular Hbond substituents is 1. The van der Waals surface area contributed by atoms with E-state index in [2.05, 4.69) is 22.0 Å². The van der Waals surface area contributed by atoms with Crippen LogP contribution in [0.5, 0.6) is 5.75 Å². The second kappa shape index (κ2) is 3.81. The minimum Gasteiger partial charge on any atom is -0.507 e. The van der Waals surface area contributed by atoms with Gasteiger partial charge in [0.05, 0.1) is 18.6 Å². The Labute approximate surface area is 89.9 Å². The van der Waals surface area contributed by atoms with E-state index in [0.717, 1.165) is 15.0 Å². The van der Waals surface area contributed by atoms with Crippen molar-refractivity contribution in [3.63, 3.8) is 0 Å². The molecule has 0 bridgehead atoms. The summed E-state index contributed by atoms with van der Waals surface area (Å²) in [6, 6.07) is 7.28. The third kappa shape index (κ3) is 1.64. The molecule has 0 aliphatic rings. The van der Waals surface area contributed by atoms with Crippen LogP contribution in [0.3, 0.4) is 0 Å². The van der Waals surface area contributed by atoms with E-state index in [0.29, 0.717) is 0 Å². The van der Waals surface area contributed by atoms with Crippen LogP contribution in [0.1, 0.15) is 4.88 Å². The zero-order valence-corrected chi connectivity index (χ0v) is 8.68. The van der Waals surface area contributed by atoms with Crippen molar-refractivity contribution in [1.82, 2.24) is 0 Å². The molecular weight excluding hydrogens is 216 g/mol. The topological polar surface area (TPSA) is 45.0 Å². The smallest absolute Gasteiger partial charge is 0.124 e. The predicted molar refractivity (Wildman–Crippen MR) is 60.9 cm³/mol. The Morgan fingerprint density at radius 3 is 3.00 bits per heavy atom. The lowest BCUT2D eigenvalue weighted by molar-refractivity contribution is 0.482. The van der Waals surface area contributed by atoms with Gasteiger partial charge in [-0.15, -0.1) is 16.4 Å². The largest absolute Gasteiger partial charge is 0.507 e. The Kier molecular flexibility index (Phi) is 2.51. The average molecular weight is 222 g/mol. The van der Waals surface area contributed by atoms with E-state index in [1.165, 1.54) is 11.3 Å². The van der Waals surface area contributed by atoms with Gasteiger partial charge in [0.2, 0.25) is 0 Å². The second-order valence-electron chi connectivity index (χ2n) is 2.66. The molecule has 1 aromatic carbocycles. The zero-order chi connectivity index (χ0) is 9.97. The Morgan fingerprint density at radius 1 is 1.43 bits per heavy atom. The van der Waals surface area contributed by atoms with Gasteiger partial charge in [0.15, 0.2) is 0 Å². The van der Waals surface area contributed by atoms with Gasteiger partial charge in [-0.2, -0.15) is 0 Å². The van der Waals surface area contributed by atoms with E-state index in [1.807, 2.05) is 18.2 Å². The van der Waals surface area contributed by atoms with E-state index < -0.39 is 0 Å². The van der Waals surface area contributed by atoms with Gasteiger partial charge < -0.3 is 5.11 Å². The summed E-state index contributed by atoms with van der Waals surface area (Å²) < 4.78 is 4.24. The Bertz CT molecular complexity index is 504. The molecule has 2 aromatic rings. The van der Waals surface area contributed by atoms with E-state index in [1.54, 1.807) is 12.3 Å². The summed E-state index contributed by atoms with van der Waals surface area (Å²) in [4.78, 5) is 0.926. The minimum absolute atomic E-state index is 0.286. The number of nitrogens with zero attached hydrogens (tertiary/aromatic N) is 2. The van der Waals surface area contributed by atoms with Crippen molar-refractivity contribution in [2.24, 2.45) is 9.57 Å². The molecule has 0 atom stereocenters. The van der Waals surface area contributed by atoms with E-state index in [4.69, 9.17) is 0 Å². The Hall–Kier alpha value is -1.33. The number of fused-ring (bicyclic) bond motifs is 1. The Balaban J connectivity index is 2.56. The first-order chi connectivity index (χ1) is 6.81. The lowest BCUT2D eigenvalue weighted by Crippen LogP contribution is -1.68. The monoisotopic (exact) mass is 222 g/mol. The van der Waals surface area contributed by atoms with Crippen LogP contribution in [-0.2, 0) is 12.4 Å². The van der Waals surface area contributed by atoms with Crippen molar-refractivity contribution in [2.75, 3.05) is 0 Å². The first kappa shape index (κ1) is 9.23. The molecule has 70 valence electrons. The van der Waals surface area contributed by atoms with Gasteiger partial charge in [0.1, 0.15) is 5.75 Å². The molecule has 0 spiro atoms. The van der Waals surface area contributed by atoms with Gasteiger partial charge >= 0.3 is 0 Å². The van der Waals surface area contributed by atoms with Gasteiger partial charge in [-0.25, -0.2) is 0 Å². The number of hydrogen-bond donors (Lipinski definition) is 1. The quantitative estimate of drug-likeness (QED) is 0.627. The lowest BCUT2D eigenvalue weighted by atomic mass is 10.2. The molecule has 3 nitrogen and oxygen atoms in total. The highest BCUT2D eigenvalue weighted by atomic mass is 32.1. The molecule has 0 saturated heterocycles. The van der Waals surface area contributed by atoms with Crippen molar-refractivity contribution in [3.05, 3.63) is 29.1 Å². The average Bonchev–Trinajstić information content (AvgIpc) is 2.59. The van der Waals surface area contributed by atoms with Crippen LogP contribution < -0.4 is 0 Å². The first-order valence-corrected chi connectivity index (χ1v) is 5.06. The predicted octanol–water partition coefficient (Wildman–Crippen LogP) is 2.67. The second-order valence-corrected chi connectivity index (χ2v) is 3.94. The van der Waals surface area contributed by atoms with Gasteiger partial charge in [-0.05, 0) is 18.2 Å². The van der Waals surface area contributed by atoms with Crippen molar-refractivity contribution in [2.45, 2.75) is 0 Å². The third-order valence-electron chi connectivity index (χ3n) is 1.79. The van der Waals surface area contributed by atoms with Crippen LogP contribution >= 0.6 is 11.3 Å². The standard InChI is InChI=1S/C9H6N2OS2/c12-8-2-1-3-9-7(8)4-6(14-9)5-10-11-13/h1-5,12H. The number of hydrogen-bond acceptors (Lipinski definition) is 4. The molecule has 0 aliphatic carbocycles. The van der Waals surface area contributed by atoms with Crippen molar-refractivity contribution in [1.29, 1.82) is 0 Å². The van der Waals surface area contributed by atoms with Gasteiger partial charge in [-0.3, -0.25) is 0 Å². The maximum Gasteiger partial charge on any atom is 0.124 e. The number of phenols is 1. The van der Waals surface area contributed by atoms with E-state index in [-0.39, 0.29) is 5.75 Å². The van der Waals surface area contributed by atoms with Crippen LogP contribution in [0, 0.1) is 0 Å². The van der Waals surface area contributed by atoms with Crippen LogP contribution in [0.25, 0.3) is 10.1 Å². The fraction of sp³-hybridized carbons (Fsp3) is 0. The lowest BCUT2D eigenvalue weighted by Gasteiger charge is -1.90. The molecule has 0 radical (unpaired) electrons. The van der Waals surface area contributed by atoms with Gasteiger partial charge in [0, 0.05) is 15.0 Å². The molecule has 5 heteroatoms. The van der Waals surface area contributed by atoms with Crippen molar-refractivity contribution < 1.29 is 5.11 Å². The van der Waals surface area contributed by atoms with Crippen LogP contribution in [0.4, 0.5) is 0 Å². The highest BCUT2D eigenvalue weighted by molar-refractivity contribution is 7.47. The fourth-order valence-corrected chi connectivity index (χ4v) is 2.21. The summed E-state index contributed by atoms with van der Waals surface area (Å²) in [6.07, 6.45) is 1.58. The van der Waals surface area contributed by atoms with Crippen LogP contribution in [-0.4, -0.2) is 11.3 Å². The van der Waals surface area contributed by atoms with Gasteiger partial charge in [0.25, 0.3) is 0 Å². The SMILES string of the molecule is Oc1cccc2sc(C=NN=S)cc12. The number of aromatic hydroxyl groups is 1. The molecule has 1 aromatic heterocycles. The minimum atomic E-state index is 0.286. The summed E-state index contributed by atoms with van der Waals surface area (Å²) >= 11 is 5.88. The number of thiophene rings is 1. The highest BCUT2D eigenvalue weighted by Crippen LogP contribution is 2.30. The molecule has 0 amide bonds. The first-order valence-electron chi connectivity index (χ1n) is 3.88. The highest BCUT2D eigenvalue weighted by Gasteiger charge is 2.02. The summed E-state index contributed by atoms with van der Waals surface area (Å²) in [7, 11) is 0. The number of benzene rings is 1. The van der Waals surface area contributed by atoms with E-state index in [9.17, 15) is 5.11 Å². The normalized spacial score (nSPS) is 11.1. The van der Waals surface area contributed by atoms with Crippen LogP contribution in [0.2, 0.25) is 0 Å². The zero-order valence-electron chi connectivity index (χ0n) is 7.04. The molecular formula is C9H6N2OS2. The van der Waals surface area contributed by atoms with E-state index >= 15 is 0 Å².